The van der Waals surface area contributed by atoms with Gasteiger partial charge in [-0.15, -0.1) is 0 Å². The second-order valence-corrected chi connectivity index (χ2v) is 3.03. The molecule has 0 aliphatic rings. The summed E-state index contributed by atoms with van der Waals surface area (Å²) in [5.41, 5.74) is 0. The fourth-order valence-electron chi connectivity index (χ4n) is 1.15. The van der Waals surface area contributed by atoms with Gasteiger partial charge in [-0.05, 0) is 24.3 Å². The molecule has 84 valence electrons. The number of methoxy groups -OCH3 is 2. The third-order valence-corrected chi connectivity index (χ3v) is 1.98. The summed E-state index contributed by atoms with van der Waals surface area (Å²) in [7, 11) is 3.18. The van der Waals surface area contributed by atoms with E-state index in [0.717, 1.165) is 5.75 Å². The summed E-state index contributed by atoms with van der Waals surface area (Å²) < 4.78 is 15.5. The number of rotatable bonds is 6. The molecule has 1 rings (SSSR count). The Morgan fingerprint density at radius 3 is 2.27 bits per heavy atom. The topological polar surface area (TPSA) is 47.9 Å². The highest BCUT2D eigenvalue weighted by Crippen LogP contribution is 2.16. The monoisotopic (exact) mass is 212 g/mol. The van der Waals surface area contributed by atoms with Crippen molar-refractivity contribution >= 4 is 0 Å². The largest absolute Gasteiger partial charge is 0.508 e. The Labute approximate surface area is 89.4 Å². The molecule has 0 unspecified atom stereocenters. The van der Waals surface area contributed by atoms with Crippen molar-refractivity contribution in [3.05, 3.63) is 24.3 Å². The number of hydrogen-bond acceptors (Lipinski definition) is 4. The smallest absolute Gasteiger partial charge is 0.160 e. The molecule has 0 aliphatic carbocycles. The van der Waals surface area contributed by atoms with Gasteiger partial charge in [0.1, 0.15) is 11.5 Å². The van der Waals surface area contributed by atoms with Crippen LogP contribution in [0.3, 0.4) is 0 Å². The van der Waals surface area contributed by atoms with E-state index in [1.165, 1.54) is 0 Å². The molecule has 0 spiro atoms. The minimum absolute atomic E-state index is 0.231. The lowest BCUT2D eigenvalue weighted by atomic mass is 10.3. The first kappa shape index (κ1) is 11.8. The molecule has 4 nitrogen and oxygen atoms in total. The highest BCUT2D eigenvalue weighted by Gasteiger charge is 2.04. The lowest BCUT2D eigenvalue weighted by molar-refractivity contribution is -0.110. The average Bonchev–Trinajstić information content (AvgIpc) is 2.27. The second-order valence-electron chi connectivity index (χ2n) is 3.03. The molecular weight excluding hydrogens is 196 g/mol. The highest BCUT2D eigenvalue weighted by atomic mass is 16.7. The van der Waals surface area contributed by atoms with Crippen LogP contribution in [0.5, 0.6) is 11.5 Å². The molecule has 0 aromatic heterocycles. The summed E-state index contributed by atoms with van der Waals surface area (Å²) in [4.78, 5) is 0. The second kappa shape index (κ2) is 6.27. The van der Waals surface area contributed by atoms with Gasteiger partial charge in [0.05, 0.1) is 6.61 Å². The Balaban J connectivity index is 2.28. The molecule has 0 heterocycles. The number of phenolic OH excluding ortho intramolecular Hbond substituents is 1. The molecule has 1 aromatic rings. The molecule has 0 atom stereocenters. The van der Waals surface area contributed by atoms with E-state index >= 15 is 0 Å². The molecule has 0 radical (unpaired) electrons. The molecule has 0 fully saturated rings. The van der Waals surface area contributed by atoms with Gasteiger partial charge in [-0.1, -0.05) is 0 Å². The lowest BCUT2D eigenvalue weighted by Gasteiger charge is -2.13. The Hall–Kier alpha value is -1.26. The summed E-state index contributed by atoms with van der Waals surface area (Å²) in [5, 5.41) is 9.05. The van der Waals surface area contributed by atoms with E-state index in [0.29, 0.717) is 13.0 Å². The van der Waals surface area contributed by atoms with Crippen LogP contribution < -0.4 is 4.74 Å². The Kier molecular flexibility index (Phi) is 4.93. The third-order valence-electron chi connectivity index (χ3n) is 1.98. The predicted octanol–water partition coefficient (Wildman–Crippen LogP) is 1.78. The predicted molar refractivity (Wildman–Crippen MR) is 56.0 cm³/mol. The maximum Gasteiger partial charge on any atom is 0.160 e. The van der Waals surface area contributed by atoms with Crippen molar-refractivity contribution < 1.29 is 19.3 Å². The SMILES string of the molecule is COC(CCOc1ccc(O)cc1)OC. The molecule has 0 saturated heterocycles. The van der Waals surface area contributed by atoms with Crippen LogP contribution in [-0.2, 0) is 9.47 Å². The van der Waals surface area contributed by atoms with Gasteiger partial charge in [-0.2, -0.15) is 0 Å². The maximum absolute atomic E-state index is 9.05. The van der Waals surface area contributed by atoms with Gasteiger partial charge in [0.15, 0.2) is 6.29 Å². The van der Waals surface area contributed by atoms with E-state index in [9.17, 15) is 0 Å². The normalized spacial score (nSPS) is 10.6. The maximum atomic E-state index is 9.05. The van der Waals surface area contributed by atoms with Crippen LogP contribution in [0.4, 0.5) is 0 Å². The van der Waals surface area contributed by atoms with Crippen molar-refractivity contribution in [2.45, 2.75) is 12.7 Å². The van der Waals surface area contributed by atoms with Crippen LogP contribution in [0.1, 0.15) is 6.42 Å². The van der Waals surface area contributed by atoms with E-state index < -0.39 is 0 Å². The summed E-state index contributed by atoms with van der Waals surface area (Å²) in [6, 6.07) is 6.59. The lowest BCUT2D eigenvalue weighted by Crippen LogP contribution is -2.16. The minimum Gasteiger partial charge on any atom is -0.508 e. The first-order valence-corrected chi connectivity index (χ1v) is 4.73. The summed E-state index contributed by atoms with van der Waals surface area (Å²) in [6.07, 6.45) is 0.426. The van der Waals surface area contributed by atoms with Crippen molar-refractivity contribution in [3.63, 3.8) is 0 Å². The molecule has 1 aromatic carbocycles. The van der Waals surface area contributed by atoms with Gasteiger partial charge in [0.2, 0.25) is 0 Å². The van der Waals surface area contributed by atoms with Gasteiger partial charge in [0, 0.05) is 20.6 Å². The number of ether oxygens (including phenoxy) is 3. The van der Waals surface area contributed by atoms with E-state index in [-0.39, 0.29) is 12.0 Å². The Morgan fingerprint density at radius 2 is 1.73 bits per heavy atom. The zero-order valence-corrected chi connectivity index (χ0v) is 8.97. The Morgan fingerprint density at radius 1 is 1.13 bits per heavy atom. The third kappa shape index (κ3) is 4.18. The van der Waals surface area contributed by atoms with Crippen LogP contribution in [0, 0.1) is 0 Å². The van der Waals surface area contributed by atoms with E-state index in [4.69, 9.17) is 19.3 Å². The van der Waals surface area contributed by atoms with Gasteiger partial charge >= 0.3 is 0 Å². The highest BCUT2D eigenvalue weighted by molar-refractivity contribution is 5.29. The van der Waals surface area contributed by atoms with Gasteiger partial charge in [-0.25, -0.2) is 0 Å². The molecule has 0 bridgehead atoms. The van der Waals surface area contributed by atoms with E-state index in [1.807, 2.05) is 0 Å². The number of benzene rings is 1. The van der Waals surface area contributed by atoms with Gasteiger partial charge in [0.25, 0.3) is 0 Å². The molecular formula is C11H16O4. The average molecular weight is 212 g/mol. The minimum atomic E-state index is -0.234. The fourth-order valence-corrected chi connectivity index (χ4v) is 1.15. The van der Waals surface area contributed by atoms with Crippen molar-refractivity contribution in [1.29, 1.82) is 0 Å². The standard InChI is InChI=1S/C11H16O4/c1-13-11(14-2)7-8-15-10-5-3-9(12)4-6-10/h3-6,11-12H,7-8H2,1-2H3. The molecule has 0 saturated carbocycles. The number of hydrogen-bond donors (Lipinski definition) is 1. The molecule has 0 amide bonds. The number of aromatic hydroxyl groups is 1. The molecule has 4 heteroatoms. The first-order valence-electron chi connectivity index (χ1n) is 4.73. The Bertz CT molecular complexity index is 266. The van der Waals surface area contributed by atoms with Crippen LogP contribution in [0.2, 0.25) is 0 Å². The van der Waals surface area contributed by atoms with Gasteiger partial charge in [-0.3, -0.25) is 0 Å². The van der Waals surface area contributed by atoms with Crippen molar-refractivity contribution in [2.24, 2.45) is 0 Å². The van der Waals surface area contributed by atoms with Crippen LogP contribution in [-0.4, -0.2) is 32.2 Å². The van der Waals surface area contributed by atoms with E-state index in [2.05, 4.69) is 0 Å². The summed E-state index contributed by atoms with van der Waals surface area (Å²) in [5.74, 6) is 0.952. The summed E-state index contributed by atoms with van der Waals surface area (Å²) in [6.45, 7) is 0.511. The summed E-state index contributed by atoms with van der Waals surface area (Å²) >= 11 is 0. The first-order chi connectivity index (χ1) is 7.26. The van der Waals surface area contributed by atoms with Crippen molar-refractivity contribution in [1.82, 2.24) is 0 Å². The van der Waals surface area contributed by atoms with Crippen LogP contribution in [0.15, 0.2) is 24.3 Å². The van der Waals surface area contributed by atoms with Crippen molar-refractivity contribution in [3.8, 4) is 11.5 Å². The van der Waals surface area contributed by atoms with Crippen LogP contribution >= 0.6 is 0 Å². The molecule has 0 aliphatic heterocycles. The van der Waals surface area contributed by atoms with Gasteiger partial charge < -0.3 is 19.3 Å². The zero-order valence-electron chi connectivity index (χ0n) is 8.97. The molecule has 15 heavy (non-hydrogen) atoms. The zero-order chi connectivity index (χ0) is 11.1. The van der Waals surface area contributed by atoms with Crippen LogP contribution in [0.25, 0.3) is 0 Å². The van der Waals surface area contributed by atoms with Crippen molar-refractivity contribution in [2.75, 3.05) is 20.8 Å². The van der Waals surface area contributed by atoms with E-state index in [1.54, 1.807) is 38.5 Å². The fraction of sp³-hybridized carbons (Fsp3) is 0.455. The quantitative estimate of drug-likeness (QED) is 0.730. The molecule has 1 N–H and O–H groups in total. The number of phenols is 1.